The number of aromatic nitrogens is 1. The number of anilines is 2. The Morgan fingerprint density at radius 3 is 2.68 bits per heavy atom. The first kappa shape index (κ1) is 17.5. The maximum absolute atomic E-state index is 12.5. The monoisotopic (exact) mass is 337 g/mol. The molecule has 0 saturated heterocycles. The van der Waals surface area contributed by atoms with Crippen LogP contribution in [0.5, 0.6) is 0 Å². The van der Waals surface area contributed by atoms with E-state index >= 15 is 0 Å². The first-order chi connectivity index (χ1) is 12.0. The number of hydrogen-bond acceptors (Lipinski definition) is 3. The summed E-state index contributed by atoms with van der Waals surface area (Å²) in [4.78, 5) is 16.7. The molecule has 1 aromatic carbocycles. The zero-order valence-corrected chi connectivity index (χ0v) is 15.3. The van der Waals surface area contributed by atoms with Crippen molar-refractivity contribution in [3.8, 4) is 0 Å². The topological polar surface area (TPSA) is 54.0 Å². The lowest BCUT2D eigenvalue weighted by Crippen LogP contribution is -2.32. The van der Waals surface area contributed by atoms with Gasteiger partial charge in [0.1, 0.15) is 0 Å². The smallest absolute Gasteiger partial charge is 0.253 e. The van der Waals surface area contributed by atoms with Gasteiger partial charge in [-0.25, -0.2) is 0 Å². The van der Waals surface area contributed by atoms with Gasteiger partial charge in [-0.1, -0.05) is 44.9 Å². The van der Waals surface area contributed by atoms with E-state index in [1.54, 1.807) is 12.4 Å². The zero-order chi connectivity index (χ0) is 17.8. The molecule has 2 N–H and O–H groups in total. The Balaban J connectivity index is 1.79. The summed E-state index contributed by atoms with van der Waals surface area (Å²) in [7, 11) is 0. The van der Waals surface area contributed by atoms with Crippen molar-refractivity contribution < 1.29 is 4.79 Å². The molecule has 4 nitrogen and oxygen atoms in total. The zero-order valence-electron chi connectivity index (χ0n) is 15.3. The number of aryl methyl sites for hydroxylation is 1. The van der Waals surface area contributed by atoms with E-state index in [2.05, 4.69) is 54.6 Å². The van der Waals surface area contributed by atoms with Gasteiger partial charge in [-0.3, -0.25) is 9.78 Å². The van der Waals surface area contributed by atoms with E-state index in [9.17, 15) is 4.79 Å². The molecule has 0 aliphatic heterocycles. The second-order valence-electron chi connectivity index (χ2n) is 7.24. The Labute approximate surface area is 150 Å². The minimum atomic E-state index is -0.0306. The predicted molar refractivity (Wildman–Crippen MR) is 103 cm³/mol. The highest BCUT2D eigenvalue weighted by molar-refractivity contribution is 5.95. The second-order valence-corrected chi connectivity index (χ2v) is 7.24. The number of carbonyl (C=O) groups excluding carboxylic acids is 1. The van der Waals surface area contributed by atoms with Gasteiger partial charge in [0.25, 0.3) is 5.91 Å². The molecule has 1 aliphatic rings. The molecular weight excluding hydrogens is 310 g/mol. The van der Waals surface area contributed by atoms with Gasteiger partial charge in [-0.2, -0.15) is 0 Å². The van der Waals surface area contributed by atoms with Crippen molar-refractivity contribution in [2.45, 2.75) is 58.4 Å². The van der Waals surface area contributed by atoms with E-state index in [-0.39, 0.29) is 5.91 Å². The molecule has 2 aromatic rings. The molecule has 0 radical (unpaired) electrons. The van der Waals surface area contributed by atoms with Crippen molar-refractivity contribution >= 4 is 17.3 Å². The molecule has 1 amide bonds. The van der Waals surface area contributed by atoms with E-state index < -0.39 is 0 Å². The Kier molecular flexibility index (Phi) is 5.37. The van der Waals surface area contributed by atoms with Crippen LogP contribution in [0.1, 0.15) is 66.9 Å². The SMILES string of the molecule is Cc1cccc(C(C)C)c1Nc1cncc(C(=O)NC2CCCC2)c1. The number of benzene rings is 1. The van der Waals surface area contributed by atoms with Gasteiger partial charge in [-0.05, 0) is 42.9 Å². The molecule has 0 spiro atoms. The number of amides is 1. The highest BCUT2D eigenvalue weighted by atomic mass is 16.1. The molecular formula is C21H27N3O. The van der Waals surface area contributed by atoms with E-state index in [1.807, 2.05) is 6.07 Å². The van der Waals surface area contributed by atoms with Gasteiger partial charge in [0.2, 0.25) is 0 Å². The van der Waals surface area contributed by atoms with Gasteiger partial charge in [0.15, 0.2) is 0 Å². The van der Waals surface area contributed by atoms with Crippen molar-refractivity contribution in [1.29, 1.82) is 0 Å². The van der Waals surface area contributed by atoms with Crippen LogP contribution in [-0.2, 0) is 0 Å². The average molecular weight is 337 g/mol. The van der Waals surface area contributed by atoms with Crippen molar-refractivity contribution in [3.63, 3.8) is 0 Å². The summed E-state index contributed by atoms with van der Waals surface area (Å²) in [5.74, 6) is 0.390. The van der Waals surface area contributed by atoms with Crippen molar-refractivity contribution in [2.75, 3.05) is 5.32 Å². The summed E-state index contributed by atoms with van der Waals surface area (Å²) in [5, 5.41) is 6.59. The number of nitrogens with one attached hydrogen (secondary N) is 2. The van der Waals surface area contributed by atoms with Crippen LogP contribution in [0.2, 0.25) is 0 Å². The first-order valence-electron chi connectivity index (χ1n) is 9.17. The summed E-state index contributed by atoms with van der Waals surface area (Å²) in [5.41, 5.74) is 5.01. The van der Waals surface area contributed by atoms with Crippen molar-refractivity contribution in [3.05, 3.63) is 53.3 Å². The van der Waals surface area contributed by atoms with E-state index in [0.717, 1.165) is 24.2 Å². The molecule has 1 aromatic heterocycles. The molecule has 25 heavy (non-hydrogen) atoms. The minimum absolute atomic E-state index is 0.0306. The van der Waals surface area contributed by atoms with Crippen LogP contribution < -0.4 is 10.6 Å². The fraction of sp³-hybridized carbons (Fsp3) is 0.429. The molecule has 1 saturated carbocycles. The Bertz CT molecular complexity index is 749. The van der Waals surface area contributed by atoms with Gasteiger partial charge < -0.3 is 10.6 Å². The van der Waals surface area contributed by atoms with Crippen LogP contribution in [0.4, 0.5) is 11.4 Å². The highest BCUT2D eigenvalue weighted by Gasteiger charge is 2.18. The molecule has 1 aliphatic carbocycles. The quantitative estimate of drug-likeness (QED) is 0.813. The number of para-hydroxylation sites is 1. The van der Waals surface area contributed by atoms with Gasteiger partial charge >= 0.3 is 0 Å². The molecule has 0 atom stereocenters. The maximum Gasteiger partial charge on any atom is 0.253 e. The number of rotatable bonds is 5. The van der Waals surface area contributed by atoms with Crippen LogP contribution in [0.15, 0.2) is 36.7 Å². The highest BCUT2D eigenvalue weighted by Crippen LogP contribution is 2.30. The predicted octanol–water partition coefficient (Wildman–Crippen LogP) is 4.93. The normalized spacial score (nSPS) is 14.7. The minimum Gasteiger partial charge on any atom is -0.354 e. The third-order valence-corrected chi connectivity index (χ3v) is 4.89. The molecule has 132 valence electrons. The second kappa shape index (κ2) is 7.68. The molecule has 4 heteroatoms. The van der Waals surface area contributed by atoms with Gasteiger partial charge in [0.05, 0.1) is 17.4 Å². The van der Waals surface area contributed by atoms with Crippen molar-refractivity contribution in [2.24, 2.45) is 0 Å². The van der Waals surface area contributed by atoms with Crippen LogP contribution in [0, 0.1) is 6.92 Å². The summed E-state index contributed by atoms with van der Waals surface area (Å²) < 4.78 is 0. The molecule has 1 heterocycles. The van der Waals surface area contributed by atoms with Crippen molar-refractivity contribution in [1.82, 2.24) is 10.3 Å². The van der Waals surface area contributed by atoms with E-state index in [1.165, 1.54) is 24.0 Å². The van der Waals surface area contributed by atoms with E-state index in [0.29, 0.717) is 17.5 Å². The summed E-state index contributed by atoms with van der Waals surface area (Å²) >= 11 is 0. The molecule has 0 bridgehead atoms. The Hall–Kier alpha value is -2.36. The maximum atomic E-state index is 12.5. The standard InChI is InChI=1S/C21H27N3O/c1-14(2)19-10-6-7-15(3)20(19)23-18-11-16(12-22-13-18)21(25)24-17-8-4-5-9-17/h6-7,10-14,17,23H,4-5,8-9H2,1-3H3,(H,24,25). The lowest BCUT2D eigenvalue weighted by atomic mass is 9.98. The lowest BCUT2D eigenvalue weighted by Gasteiger charge is -2.18. The van der Waals surface area contributed by atoms with Crippen LogP contribution in [-0.4, -0.2) is 16.9 Å². The van der Waals surface area contributed by atoms with Gasteiger partial charge in [-0.15, -0.1) is 0 Å². The van der Waals surface area contributed by atoms with Crippen LogP contribution in [0.3, 0.4) is 0 Å². The summed E-state index contributed by atoms with van der Waals surface area (Å²) in [6.07, 6.45) is 7.97. The number of pyridine rings is 1. The third kappa shape index (κ3) is 4.19. The van der Waals surface area contributed by atoms with Crippen LogP contribution in [0.25, 0.3) is 0 Å². The Morgan fingerprint density at radius 2 is 1.96 bits per heavy atom. The number of hydrogen-bond donors (Lipinski definition) is 2. The third-order valence-electron chi connectivity index (χ3n) is 4.89. The Morgan fingerprint density at radius 1 is 1.20 bits per heavy atom. The number of nitrogens with zero attached hydrogens (tertiary/aromatic N) is 1. The van der Waals surface area contributed by atoms with Crippen LogP contribution >= 0.6 is 0 Å². The average Bonchev–Trinajstić information content (AvgIpc) is 3.09. The lowest BCUT2D eigenvalue weighted by molar-refractivity contribution is 0.0937. The fourth-order valence-corrected chi connectivity index (χ4v) is 3.46. The summed E-state index contributed by atoms with van der Waals surface area (Å²) in [6, 6.07) is 8.52. The van der Waals surface area contributed by atoms with E-state index in [4.69, 9.17) is 0 Å². The molecule has 0 unspecified atom stereocenters. The largest absolute Gasteiger partial charge is 0.354 e. The molecule has 1 fully saturated rings. The fourth-order valence-electron chi connectivity index (χ4n) is 3.46. The first-order valence-corrected chi connectivity index (χ1v) is 9.17. The molecule has 3 rings (SSSR count). The summed E-state index contributed by atoms with van der Waals surface area (Å²) in [6.45, 7) is 6.46. The van der Waals surface area contributed by atoms with Gasteiger partial charge in [0, 0.05) is 17.9 Å². The number of carbonyl (C=O) groups is 1.